The van der Waals surface area contributed by atoms with Crippen LogP contribution in [0.3, 0.4) is 0 Å². The van der Waals surface area contributed by atoms with Crippen LogP contribution in [-0.4, -0.2) is 34.7 Å². The molecule has 1 saturated heterocycles. The summed E-state index contributed by atoms with van der Waals surface area (Å²) in [6.07, 6.45) is 0. The molecular formula is C12H14N2O3S. The number of carbonyl (C=O) groups is 2. The third-order valence-electron chi connectivity index (χ3n) is 2.69. The first-order valence-corrected chi connectivity index (χ1v) is 6.58. The second-order valence-corrected chi connectivity index (χ2v) is 4.94. The van der Waals surface area contributed by atoms with Gasteiger partial charge in [-0.05, 0) is 5.56 Å². The Morgan fingerprint density at radius 2 is 2.22 bits per heavy atom. The minimum atomic E-state index is -0.514. The predicted octanol–water partition coefficient (Wildman–Crippen LogP) is 0.661. The Labute approximate surface area is 109 Å². The van der Waals surface area contributed by atoms with Crippen molar-refractivity contribution in [2.45, 2.75) is 12.1 Å². The van der Waals surface area contributed by atoms with Gasteiger partial charge in [0.05, 0.1) is 12.6 Å². The van der Waals surface area contributed by atoms with E-state index in [1.54, 1.807) is 0 Å². The van der Waals surface area contributed by atoms with Gasteiger partial charge in [0.1, 0.15) is 6.04 Å². The summed E-state index contributed by atoms with van der Waals surface area (Å²) < 4.78 is 0. The summed E-state index contributed by atoms with van der Waals surface area (Å²) >= 11 is 1.09. The summed E-state index contributed by atoms with van der Waals surface area (Å²) in [4.78, 5) is 22.9. The fourth-order valence-electron chi connectivity index (χ4n) is 1.72. The third kappa shape index (κ3) is 3.02. The minimum Gasteiger partial charge on any atom is -0.394 e. The van der Waals surface area contributed by atoms with E-state index in [0.29, 0.717) is 5.75 Å². The van der Waals surface area contributed by atoms with Gasteiger partial charge in [-0.25, -0.2) is 0 Å². The zero-order valence-electron chi connectivity index (χ0n) is 9.63. The molecule has 0 aromatic heterocycles. The van der Waals surface area contributed by atoms with Crippen LogP contribution in [0.25, 0.3) is 0 Å². The van der Waals surface area contributed by atoms with Gasteiger partial charge >= 0.3 is 0 Å². The van der Waals surface area contributed by atoms with Crippen molar-refractivity contribution in [3.63, 3.8) is 0 Å². The molecule has 2 amide bonds. The molecule has 0 aliphatic carbocycles. The SMILES string of the molecule is O=C1NC(C(=O)NC(CO)c2ccccc2)CS1. The summed E-state index contributed by atoms with van der Waals surface area (Å²) in [5.41, 5.74) is 0.838. The number of aliphatic hydroxyl groups is 1. The van der Waals surface area contributed by atoms with Crippen LogP contribution in [0.2, 0.25) is 0 Å². The van der Waals surface area contributed by atoms with Crippen LogP contribution < -0.4 is 10.6 Å². The zero-order valence-corrected chi connectivity index (χ0v) is 10.4. The van der Waals surface area contributed by atoms with Crippen LogP contribution in [0.15, 0.2) is 30.3 Å². The van der Waals surface area contributed by atoms with E-state index >= 15 is 0 Å². The first kappa shape index (κ1) is 12.9. The molecule has 0 radical (unpaired) electrons. The van der Waals surface area contributed by atoms with E-state index < -0.39 is 12.1 Å². The highest BCUT2D eigenvalue weighted by atomic mass is 32.2. The molecule has 1 aromatic rings. The van der Waals surface area contributed by atoms with E-state index in [-0.39, 0.29) is 17.8 Å². The molecule has 0 saturated carbocycles. The predicted molar refractivity (Wildman–Crippen MR) is 69.2 cm³/mol. The van der Waals surface area contributed by atoms with E-state index in [1.807, 2.05) is 30.3 Å². The first-order chi connectivity index (χ1) is 8.70. The summed E-state index contributed by atoms with van der Waals surface area (Å²) in [5.74, 6) is 0.161. The molecule has 1 heterocycles. The fourth-order valence-corrected chi connectivity index (χ4v) is 2.50. The Hall–Kier alpha value is -1.53. The average Bonchev–Trinajstić information content (AvgIpc) is 2.83. The molecule has 5 nitrogen and oxygen atoms in total. The van der Waals surface area contributed by atoms with Gasteiger partial charge in [0.25, 0.3) is 5.24 Å². The third-order valence-corrected chi connectivity index (χ3v) is 3.57. The van der Waals surface area contributed by atoms with Crippen LogP contribution in [0.4, 0.5) is 4.79 Å². The van der Waals surface area contributed by atoms with Crippen molar-refractivity contribution < 1.29 is 14.7 Å². The Morgan fingerprint density at radius 1 is 1.50 bits per heavy atom. The lowest BCUT2D eigenvalue weighted by atomic mass is 10.1. The summed E-state index contributed by atoms with van der Waals surface area (Å²) in [6, 6.07) is 8.27. The smallest absolute Gasteiger partial charge is 0.279 e. The quantitative estimate of drug-likeness (QED) is 0.748. The molecule has 3 N–H and O–H groups in total. The average molecular weight is 266 g/mol. The molecular weight excluding hydrogens is 252 g/mol. The molecule has 0 spiro atoms. The number of benzene rings is 1. The number of hydrogen-bond acceptors (Lipinski definition) is 4. The largest absolute Gasteiger partial charge is 0.394 e. The Bertz CT molecular complexity index is 438. The molecule has 1 aliphatic rings. The zero-order chi connectivity index (χ0) is 13.0. The van der Waals surface area contributed by atoms with Gasteiger partial charge in [-0.1, -0.05) is 42.1 Å². The van der Waals surface area contributed by atoms with E-state index in [1.165, 1.54) is 0 Å². The van der Waals surface area contributed by atoms with Crippen molar-refractivity contribution in [1.29, 1.82) is 0 Å². The number of carbonyl (C=O) groups excluding carboxylic acids is 2. The lowest BCUT2D eigenvalue weighted by Gasteiger charge is -2.19. The van der Waals surface area contributed by atoms with Gasteiger partial charge in [0.15, 0.2) is 0 Å². The lowest BCUT2D eigenvalue weighted by molar-refractivity contribution is -0.123. The van der Waals surface area contributed by atoms with Crippen LogP contribution in [0, 0.1) is 0 Å². The maximum Gasteiger partial charge on any atom is 0.279 e. The van der Waals surface area contributed by atoms with Crippen molar-refractivity contribution in [3.05, 3.63) is 35.9 Å². The normalized spacial score (nSPS) is 20.3. The second-order valence-electron chi connectivity index (χ2n) is 3.95. The summed E-state index contributed by atoms with van der Waals surface area (Å²) in [6.45, 7) is -0.177. The van der Waals surface area contributed by atoms with E-state index in [0.717, 1.165) is 17.3 Å². The van der Waals surface area contributed by atoms with E-state index in [2.05, 4.69) is 10.6 Å². The van der Waals surface area contributed by atoms with Crippen molar-refractivity contribution in [2.75, 3.05) is 12.4 Å². The molecule has 96 valence electrons. The molecule has 6 heteroatoms. The highest BCUT2D eigenvalue weighted by molar-refractivity contribution is 8.14. The van der Waals surface area contributed by atoms with E-state index in [9.17, 15) is 14.7 Å². The summed E-state index contributed by atoms with van der Waals surface area (Å²) in [5, 5.41) is 14.4. The maximum absolute atomic E-state index is 11.9. The van der Waals surface area contributed by atoms with Crippen molar-refractivity contribution in [1.82, 2.24) is 10.6 Å². The Balaban J connectivity index is 1.98. The maximum atomic E-state index is 11.9. The van der Waals surface area contributed by atoms with Crippen LogP contribution >= 0.6 is 11.8 Å². The number of hydrogen-bond donors (Lipinski definition) is 3. The standard InChI is InChI=1S/C12H14N2O3S/c15-6-9(8-4-2-1-3-5-8)13-11(16)10-7-18-12(17)14-10/h1-5,9-10,15H,6-7H2,(H,13,16)(H,14,17). The highest BCUT2D eigenvalue weighted by Crippen LogP contribution is 2.16. The Kier molecular flexibility index (Phi) is 4.22. The lowest BCUT2D eigenvalue weighted by Crippen LogP contribution is -2.44. The van der Waals surface area contributed by atoms with Gasteiger partial charge in [0.2, 0.25) is 5.91 Å². The van der Waals surface area contributed by atoms with Gasteiger partial charge in [-0.2, -0.15) is 0 Å². The molecule has 1 aromatic carbocycles. The van der Waals surface area contributed by atoms with Gasteiger partial charge in [0, 0.05) is 5.75 Å². The van der Waals surface area contributed by atoms with E-state index in [4.69, 9.17) is 0 Å². The summed E-state index contributed by atoms with van der Waals surface area (Å²) in [7, 11) is 0. The van der Waals surface area contributed by atoms with Crippen LogP contribution in [-0.2, 0) is 4.79 Å². The molecule has 1 fully saturated rings. The van der Waals surface area contributed by atoms with Crippen LogP contribution in [0.5, 0.6) is 0 Å². The molecule has 0 bridgehead atoms. The topological polar surface area (TPSA) is 78.4 Å². The van der Waals surface area contributed by atoms with Crippen LogP contribution in [0.1, 0.15) is 11.6 Å². The number of thioether (sulfide) groups is 1. The van der Waals surface area contributed by atoms with Gasteiger partial charge in [-0.3, -0.25) is 9.59 Å². The fraction of sp³-hybridized carbons (Fsp3) is 0.333. The molecule has 1 aliphatic heterocycles. The van der Waals surface area contributed by atoms with Crippen molar-refractivity contribution in [3.8, 4) is 0 Å². The number of nitrogens with one attached hydrogen (secondary N) is 2. The number of rotatable bonds is 4. The molecule has 2 unspecified atom stereocenters. The minimum absolute atomic E-state index is 0.177. The Morgan fingerprint density at radius 3 is 2.78 bits per heavy atom. The molecule has 2 rings (SSSR count). The number of aliphatic hydroxyl groups excluding tert-OH is 1. The van der Waals surface area contributed by atoms with Crippen molar-refractivity contribution >= 4 is 22.9 Å². The molecule has 18 heavy (non-hydrogen) atoms. The first-order valence-electron chi connectivity index (χ1n) is 5.60. The van der Waals surface area contributed by atoms with Gasteiger partial charge in [-0.15, -0.1) is 0 Å². The highest BCUT2D eigenvalue weighted by Gasteiger charge is 2.29. The van der Waals surface area contributed by atoms with Gasteiger partial charge < -0.3 is 15.7 Å². The second kappa shape index (κ2) is 5.88. The molecule has 2 atom stereocenters. The monoisotopic (exact) mass is 266 g/mol. The number of amides is 2. The van der Waals surface area contributed by atoms with Crippen molar-refractivity contribution in [2.24, 2.45) is 0 Å².